The number of benzene rings is 2. The molecule has 3 aliphatic rings. The highest BCUT2D eigenvalue weighted by atomic mass is 16.5. The number of esters is 2. The van der Waals surface area contributed by atoms with E-state index in [1.165, 1.54) is 18.6 Å². The van der Waals surface area contributed by atoms with Gasteiger partial charge in [0.25, 0.3) is 0 Å². The Labute approximate surface area is 201 Å². The number of carbonyl (C=O) groups is 2. The van der Waals surface area contributed by atoms with Gasteiger partial charge in [0.1, 0.15) is 0 Å². The van der Waals surface area contributed by atoms with Gasteiger partial charge in [-0.05, 0) is 84.5 Å². The van der Waals surface area contributed by atoms with Crippen LogP contribution in [0.3, 0.4) is 0 Å². The van der Waals surface area contributed by atoms with Crippen LogP contribution in [0.2, 0.25) is 0 Å². The third kappa shape index (κ3) is 5.32. The Morgan fingerprint density at radius 2 is 1.24 bits per heavy atom. The molecular formula is C30H32O4. The molecule has 0 aliphatic heterocycles. The second-order valence-electron chi connectivity index (χ2n) is 10.1. The molecule has 6 atom stereocenters. The molecule has 3 aliphatic carbocycles. The fraction of sp³-hybridized carbons (Fsp3) is 0.400. The number of rotatable bonds is 8. The van der Waals surface area contributed by atoms with Gasteiger partial charge in [0.2, 0.25) is 0 Å². The van der Waals surface area contributed by atoms with Gasteiger partial charge >= 0.3 is 11.9 Å². The first-order valence-corrected chi connectivity index (χ1v) is 12.5. The number of fused-ring (bicyclic) bond motifs is 5. The number of carbonyl (C=O) groups excluding carboxylic acids is 2. The summed E-state index contributed by atoms with van der Waals surface area (Å²) in [6.45, 7) is 1.03. The number of hydrogen-bond acceptors (Lipinski definition) is 4. The van der Waals surface area contributed by atoms with Crippen molar-refractivity contribution >= 4 is 24.1 Å². The van der Waals surface area contributed by atoms with Crippen molar-refractivity contribution in [2.45, 2.75) is 25.7 Å². The minimum absolute atomic E-state index is 0.261. The third-order valence-electron chi connectivity index (χ3n) is 8.03. The van der Waals surface area contributed by atoms with Gasteiger partial charge in [-0.15, -0.1) is 0 Å². The van der Waals surface area contributed by atoms with E-state index in [-0.39, 0.29) is 11.9 Å². The minimum Gasteiger partial charge on any atom is -0.462 e. The molecule has 0 amide bonds. The topological polar surface area (TPSA) is 52.6 Å². The van der Waals surface area contributed by atoms with Crippen molar-refractivity contribution in [3.63, 3.8) is 0 Å². The van der Waals surface area contributed by atoms with E-state index in [0.717, 1.165) is 42.2 Å². The first kappa shape index (κ1) is 22.6. The molecule has 5 rings (SSSR count). The van der Waals surface area contributed by atoms with Gasteiger partial charge in [-0.25, -0.2) is 9.59 Å². The second-order valence-corrected chi connectivity index (χ2v) is 10.1. The van der Waals surface area contributed by atoms with Crippen LogP contribution in [-0.2, 0) is 19.1 Å². The van der Waals surface area contributed by atoms with Crippen molar-refractivity contribution < 1.29 is 19.1 Å². The van der Waals surface area contributed by atoms with Crippen LogP contribution < -0.4 is 0 Å². The highest BCUT2D eigenvalue weighted by Crippen LogP contribution is 2.62. The van der Waals surface area contributed by atoms with Crippen molar-refractivity contribution in [3.05, 3.63) is 83.9 Å². The van der Waals surface area contributed by atoms with Crippen molar-refractivity contribution in [2.24, 2.45) is 35.5 Å². The molecule has 3 saturated carbocycles. The Morgan fingerprint density at radius 3 is 1.85 bits per heavy atom. The van der Waals surface area contributed by atoms with Crippen molar-refractivity contribution in [1.29, 1.82) is 0 Å². The average Bonchev–Trinajstić information content (AvgIpc) is 3.57. The van der Waals surface area contributed by atoms with Gasteiger partial charge in [0.05, 0.1) is 13.2 Å². The van der Waals surface area contributed by atoms with Crippen molar-refractivity contribution in [2.75, 3.05) is 13.2 Å². The van der Waals surface area contributed by atoms with Gasteiger partial charge < -0.3 is 9.47 Å². The van der Waals surface area contributed by atoms with E-state index in [9.17, 15) is 9.59 Å². The van der Waals surface area contributed by atoms with Crippen LogP contribution in [0.5, 0.6) is 0 Å². The van der Waals surface area contributed by atoms with Gasteiger partial charge in [0, 0.05) is 12.2 Å². The van der Waals surface area contributed by atoms with E-state index >= 15 is 0 Å². The first-order chi connectivity index (χ1) is 16.7. The lowest BCUT2D eigenvalue weighted by atomic mass is 9.76. The summed E-state index contributed by atoms with van der Waals surface area (Å²) >= 11 is 0. The third-order valence-corrected chi connectivity index (χ3v) is 8.03. The highest BCUT2D eigenvalue weighted by molar-refractivity contribution is 5.87. The van der Waals surface area contributed by atoms with E-state index in [1.807, 2.05) is 60.7 Å². The summed E-state index contributed by atoms with van der Waals surface area (Å²) in [7, 11) is 0. The average molecular weight is 457 g/mol. The predicted octanol–water partition coefficient (Wildman–Crippen LogP) is 5.80. The van der Waals surface area contributed by atoms with E-state index in [1.54, 1.807) is 12.2 Å². The van der Waals surface area contributed by atoms with Gasteiger partial charge in [-0.1, -0.05) is 60.7 Å². The molecule has 4 nitrogen and oxygen atoms in total. The molecule has 0 heterocycles. The Bertz CT molecular complexity index is 1040. The predicted molar refractivity (Wildman–Crippen MR) is 132 cm³/mol. The number of ether oxygens (including phenoxy) is 2. The van der Waals surface area contributed by atoms with Crippen molar-refractivity contribution in [3.8, 4) is 0 Å². The van der Waals surface area contributed by atoms with Crippen LogP contribution in [0.25, 0.3) is 12.2 Å². The van der Waals surface area contributed by atoms with Gasteiger partial charge in [0.15, 0.2) is 0 Å². The van der Waals surface area contributed by atoms with E-state index < -0.39 is 0 Å². The van der Waals surface area contributed by atoms with Crippen LogP contribution >= 0.6 is 0 Å². The van der Waals surface area contributed by atoms with Crippen LogP contribution in [-0.4, -0.2) is 25.2 Å². The Kier molecular flexibility index (Phi) is 6.94. The lowest BCUT2D eigenvalue weighted by Crippen LogP contribution is -2.28. The summed E-state index contributed by atoms with van der Waals surface area (Å²) in [4.78, 5) is 24.3. The maximum atomic E-state index is 12.2. The molecule has 34 heavy (non-hydrogen) atoms. The maximum absolute atomic E-state index is 12.2. The maximum Gasteiger partial charge on any atom is 0.330 e. The zero-order valence-electron chi connectivity index (χ0n) is 19.4. The van der Waals surface area contributed by atoms with Gasteiger partial charge in [-0.3, -0.25) is 0 Å². The molecule has 0 radical (unpaired) electrons. The Morgan fingerprint density at radius 1 is 0.676 bits per heavy atom. The molecule has 3 fully saturated rings. The lowest BCUT2D eigenvalue weighted by molar-refractivity contribution is -0.140. The second kappa shape index (κ2) is 10.4. The number of hydrogen-bond donors (Lipinski definition) is 0. The molecule has 2 bridgehead atoms. The lowest BCUT2D eigenvalue weighted by Gasteiger charge is -2.31. The molecule has 0 saturated heterocycles. The fourth-order valence-corrected chi connectivity index (χ4v) is 6.60. The SMILES string of the molecule is O=C(C=Cc1ccccc1)OCC1CC2C3CC(COC(=O)C=Cc4ccccc4)C(C3)C2C1. The van der Waals surface area contributed by atoms with E-state index in [0.29, 0.717) is 36.9 Å². The largest absolute Gasteiger partial charge is 0.462 e. The molecule has 2 aromatic rings. The summed E-state index contributed by atoms with van der Waals surface area (Å²) < 4.78 is 11.2. The fourth-order valence-electron chi connectivity index (χ4n) is 6.60. The normalized spacial score (nSPS) is 29.5. The summed E-state index contributed by atoms with van der Waals surface area (Å²) in [5.74, 6) is 3.20. The Hall–Kier alpha value is -3.14. The standard InChI is InChI=1S/C30H32O4/c31-29(13-11-21-7-3-1-4-8-21)33-19-23-15-26-24-17-25(27(18-24)28(26)16-23)20-34-30(32)14-12-22-9-5-2-6-10-22/h1-14,23-28H,15-20H2. The quantitative estimate of drug-likeness (QED) is 0.372. The molecule has 176 valence electrons. The van der Waals surface area contributed by atoms with Crippen LogP contribution in [0.15, 0.2) is 72.8 Å². The van der Waals surface area contributed by atoms with Crippen LogP contribution in [0, 0.1) is 35.5 Å². The summed E-state index contributed by atoms with van der Waals surface area (Å²) in [6.07, 6.45) is 11.4. The van der Waals surface area contributed by atoms with Crippen molar-refractivity contribution in [1.82, 2.24) is 0 Å². The van der Waals surface area contributed by atoms with E-state index in [4.69, 9.17) is 9.47 Å². The molecule has 4 heteroatoms. The van der Waals surface area contributed by atoms with Gasteiger partial charge in [-0.2, -0.15) is 0 Å². The Balaban J connectivity index is 1.06. The first-order valence-electron chi connectivity index (χ1n) is 12.5. The smallest absolute Gasteiger partial charge is 0.330 e. The molecule has 0 N–H and O–H groups in total. The highest BCUT2D eigenvalue weighted by Gasteiger charge is 2.56. The molecule has 0 spiro atoms. The minimum atomic E-state index is -0.266. The zero-order chi connectivity index (χ0) is 23.3. The summed E-state index contributed by atoms with van der Waals surface area (Å²) in [6, 6.07) is 19.6. The molecule has 2 aromatic carbocycles. The summed E-state index contributed by atoms with van der Waals surface area (Å²) in [5, 5.41) is 0. The van der Waals surface area contributed by atoms with Crippen LogP contribution in [0.1, 0.15) is 36.8 Å². The zero-order valence-corrected chi connectivity index (χ0v) is 19.4. The van der Waals surface area contributed by atoms with Crippen LogP contribution in [0.4, 0.5) is 0 Å². The summed E-state index contributed by atoms with van der Waals surface area (Å²) in [5.41, 5.74) is 1.99. The van der Waals surface area contributed by atoms with E-state index in [2.05, 4.69) is 0 Å². The molecule has 0 aromatic heterocycles. The monoisotopic (exact) mass is 456 g/mol. The molecular weight excluding hydrogens is 424 g/mol. The molecule has 6 unspecified atom stereocenters.